The molecule has 0 saturated heterocycles. The van der Waals surface area contributed by atoms with Crippen molar-refractivity contribution in [3.8, 4) is 0 Å². The van der Waals surface area contributed by atoms with Gasteiger partial charge in [-0.25, -0.2) is 0 Å². The number of benzene rings is 1. The molecule has 0 bridgehead atoms. The zero-order chi connectivity index (χ0) is 9.19. The third-order valence-electron chi connectivity index (χ3n) is 1.09. The van der Waals surface area contributed by atoms with Crippen molar-refractivity contribution in [1.82, 2.24) is 0 Å². The molecule has 66 valence electrons. The fourth-order valence-corrected chi connectivity index (χ4v) is 1.37. The summed E-state index contributed by atoms with van der Waals surface area (Å²) in [5.74, 6) is 0. The molecule has 12 heavy (non-hydrogen) atoms. The van der Waals surface area contributed by atoms with E-state index in [0.717, 1.165) is 0 Å². The second-order valence-corrected chi connectivity index (χ2v) is 3.80. The maximum absolute atomic E-state index is 10.3. The second-order valence-electron chi connectivity index (χ2n) is 2.13. The molecule has 2 N–H and O–H groups in total. The number of rotatable bonds is 2. The molecule has 0 radical (unpaired) electrons. The van der Waals surface area contributed by atoms with Crippen molar-refractivity contribution >= 4 is 28.6 Å². The first-order valence-corrected chi connectivity index (χ1v) is 4.90. The molecule has 6 heteroatoms. The summed E-state index contributed by atoms with van der Waals surface area (Å²) in [6.07, 6.45) is 0. The minimum absolute atomic E-state index is 0.282. The average Bonchev–Trinajstić information content (AvgIpc) is 1.82. The Morgan fingerprint density at radius 2 is 2.08 bits per heavy atom. The summed E-state index contributed by atoms with van der Waals surface area (Å²) in [7, 11) is -4.18. The highest BCUT2D eigenvalue weighted by atomic mass is 32.2. The zero-order valence-electron chi connectivity index (χ0n) is 5.93. The minimum atomic E-state index is -4.18. The van der Waals surface area contributed by atoms with Gasteiger partial charge >= 0.3 is 10.3 Å². The van der Waals surface area contributed by atoms with Crippen LogP contribution < -0.4 is 4.72 Å². The average molecular weight is 205 g/mol. The highest BCUT2D eigenvalue weighted by molar-refractivity contribution is 7.87. The van der Waals surface area contributed by atoms with Gasteiger partial charge in [-0.2, -0.15) is 8.42 Å². The van der Waals surface area contributed by atoms with Crippen LogP contribution in [0, 0.1) is 0 Å². The molecule has 1 rings (SSSR count). The second kappa shape index (κ2) is 3.34. The van der Waals surface area contributed by atoms with E-state index in [1.165, 1.54) is 12.1 Å². The first kappa shape index (κ1) is 9.37. The SMILES string of the molecule is O=S(=O)(O)Nc1cccc(S)c1. The predicted octanol–water partition coefficient (Wildman–Crippen LogP) is 1.19. The van der Waals surface area contributed by atoms with Crippen LogP contribution in [0.1, 0.15) is 0 Å². The van der Waals surface area contributed by atoms with Crippen LogP contribution in [0.4, 0.5) is 5.69 Å². The highest BCUT2D eigenvalue weighted by Crippen LogP contribution is 2.13. The summed E-state index contributed by atoms with van der Waals surface area (Å²) in [4.78, 5) is 0.614. The lowest BCUT2D eigenvalue weighted by molar-refractivity contribution is 0.489. The van der Waals surface area contributed by atoms with Crippen LogP contribution >= 0.6 is 12.6 Å². The van der Waals surface area contributed by atoms with E-state index in [2.05, 4.69) is 12.6 Å². The Hall–Kier alpha value is -0.720. The summed E-state index contributed by atoms with van der Waals surface area (Å²) >= 11 is 3.99. The van der Waals surface area contributed by atoms with Crippen molar-refractivity contribution in [3.05, 3.63) is 24.3 Å². The van der Waals surface area contributed by atoms with Crippen molar-refractivity contribution in [2.24, 2.45) is 0 Å². The standard InChI is InChI=1S/C6H7NO3S2/c8-12(9,10)7-5-2-1-3-6(11)4-5/h1-4,7,11H,(H,8,9,10). The van der Waals surface area contributed by atoms with Crippen LogP contribution in [0.5, 0.6) is 0 Å². The summed E-state index contributed by atoms with van der Waals surface area (Å²) in [6, 6.07) is 6.30. The molecule has 1 aromatic rings. The number of nitrogens with one attached hydrogen (secondary N) is 1. The van der Waals surface area contributed by atoms with E-state index < -0.39 is 10.3 Å². The summed E-state index contributed by atoms with van der Waals surface area (Å²) in [5, 5.41) is 0. The van der Waals surface area contributed by atoms with E-state index >= 15 is 0 Å². The lowest BCUT2D eigenvalue weighted by Crippen LogP contribution is -2.09. The molecule has 0 aromatic heterocycles. The van der Waals surface area contributed by atoms with Crippen molar-refractivity contribution in [2.75, 3.05) is 4.72 Å². The van der Waals surface area contributed by atoms with Crippen molar-refractivity contribution in [2.45, 2.75) is 4.90 Å². The maximum Gasteiger partial charge on any atom is 0.357 e. The Bertz CT molecular complexity index is 374. The summed E-state index contributed by atoms with van der Waals surface area (Å²) in [5.41, 5.74) is 0.282. The van der Waals surface area contributed by atoms with Gasteiger partial charge in [0.1, 0.15) is 0 Å². The number of hydrogen-bond acceptors (Lipinski definition) is 3. The summed E-state index contributed by atoms with van der Waals surface area (Å²) < 4.78 is 31.0. The van der Waals surface area contributed by atoms with Gasteiger partial charge in [0, 0.05) is 4.90 Å². The van der Waals surface area contributed by atoms with Crippen molar-refractivity contribution in [3.63, 3.8) is 0 Å². The summed E-state index contributed by atoms with van der Waals surface area (Å²) in [6.45, 7) is 0. The molecule has 0 aliphatic carbocycles. The van der Waals surface area contributed by atoms with Gasteiger partial charge in [-0.3, -0.25) is 9.27 Å². The molecule has 0 atom stereocenters. The number of hydrogen-bond donors (Lipinski definition) is 3. The van der Waals surface area contributed by atoms with E-state index in [1.54, 1.807) is 12.1 Å². The molecule has 0 saturated carbocycles. The van der Waals surface area contributed by atoms with Gasteiger partial charge in [-0.1, -0.05) is 6.07 Å². The fourth-order valence-electron chi connectivity index (χ4n) is 0.718. The van der Waals surface area contributed by atoms with E-state index in [0.29, 0.717) is 4.90 Å². The van der Waals surface area contributed by atoms with Gasteiger partial charge < -0.3 is 0 Å². The minimum Gasteiger partial charge on any atom is -0.269 e. The Morgan fingerprint density at radius 1 is 1.42 bits per heavy atom. The molecule has 4 nitrogen and oxygen atoms in total. The highest BCUT2D eigenvalue weighted by Gasteiger charge is 2.02. The Kier molecular flexibility index (Phi) is 2.61. The van der Waals surface area contributed by atoms with Gasteiger partial charge in [0.2, 0.25) is 0 Å². The van der Waals surface area contributed by atoms with Crippen LogP contribution in [0.2, 0.25) is 0 Å². The van der Waals surface area contributed by atoms with Crippen LogP contribution in [0.25, 0.3) is 0 Å². The monoisotopic (exact) mass is 205 g/mol. The van der Waals surface area contributed by atoms with Gasteiger partial charge in [0.15, 0.2) is 0 Å². The quantitative estimate of drug-likeness (QED) is 0.502. The van der Waals surface area contributed by atoms with E-state index in [4.69, 9.17) is 4.55 Å². The fraction of sp³-hybridized carbons (Fsp3) is 0. The Morgan fingerprint density at radius 3 is 2.58 bits per heavy atom. The lowest BCUT2D eigenvalue weighted by Gasteiger charge is -2.01. The van der Waals surface area contributed by atoms with Crippen LogP contribution in [0.3, 0.4) is 0 Å². The van der Waals surface area contributed by atoms with Gasteiger partial charge in [0.05, 0.1) is 5.69 Å². The maximum atomic E-state index is 10.3. The van der Waals surface area contributed by atoms with Gasteiger partial charge in [-0.05, 0) is 18.2 Å². The zero-order valence-corrected chi connectivity index (χ0v) is 7.64. The van der Waals surface area contributed by atoms with Crippen molar-refractivity contribution in [1.29, 1.82) is 0 Å². The van der Waals surface area contributed by atoms with E-state index in [-0.39, 0.29) is 5.69 Å². The smallest absolute Gasteiger partial charge is 0.269 e. The Balaban J connectivity index is 2.91. The molecule has 0 aliphatic rings. The molecule has 0 spiro atoms. The molecule has 0 unspecified atom stereocenters. The van der Waals surface area contributed by atoms with Crippen molar-refractivity contribution < 1.29 is 13.0 Å². The molecule has 0 fully saturated rings. The number of thiol groups is 1. The molecule has 0 aliphatic heterocycles. The van der Waals surface area contributed by atoms with Gasteiger partial charge in [0.25, 0.3) is 0 Å². The normalized spacial score (nSPS) is 11.2. The van der Waals surface area contributed by atoms with E-state index in [9.17, 15) is 8.42 Å². The topological polar surface area (TPSA) is 66.4 Å². The van der Waals surface area contributed by atoms with E-state index in [1.807, 2.05) is 4.72 Å². The molecule has 0 heterocycles. The molecular formula is C6H7NO3S2. The first-order valence-electron chi connectivity index (χ1n) is 3.02. The molecular weight excluding hydrogens is 198 g/mol. The van der Waals surface area contributed by atoms with Crippen LogP contribution in [-0.4, -0.2) is 13.0 Å². The van der Waals surface area contributed by atoms with Crippen LogP contribution in [-0.2, 0) is 10.3 Å². The molecule has 1 aromatic carbocycles. The number of anilines is 1. The lowest BCUT2D eigenvalue weighted by atomic mass is 10.3. The predicted molar refractivity (Wildman–Crippen MR) is 48.9 cm³/mol. The molecule has 0 amide bonds. The van der Waals surface area contributed by atoms with Gasteiger partial charge in [-0.15, -0.1) is 12.6 Å². The first-order chi connectivity index (χ1) is 5.47. The Labute approximate surface area is 75.9 Å². The third kappa shape index (κ3) is 3.12. The largest absolute Gasteiger partial charge is 0.357 e. The van der Waals surface area contributed by atoms with Crippen LogP contribution in [0.15, 0.2) is 29.2 Å². The third-order valence-corrected chi connectivity index (χ3v) is 1.86.